The Labute approximate surface area is 274 Å². The number of hydrogen-bond acceptors (Lipinski definition) is 8. The second-order valence-electron chi connectivity index (χ2n) is 12.0. The average molecular weight is 649 g/mol. The van der Waals surface area contributed by atoms with Gasteiger partial charge in [0.25, 0.3) is 0 Å². The highest BCUT2D eigenvalue weighted by Gasteiger charge is 2.53. The maximum Gasteiger partial charge on any atom is 0.338 e. The summed E-state index contributed by atoms with van der Waals surface area (Å²) in [5, 5.41) is 20.4. The molecule has 6 rings (SSSR count). The van der Waals surface area contributed by atoms with E-state index in [1.807, 2.05) is 6.92 Å². The van der Waals surface area contributed by atoms with Crippen LogP contribution in [0.2, 0.25) is 0 Å². The van der Waals surface area contributed by atoms with Crippen molar-refractivity contribution in [3.05, 3.63) is 99.7 Å². The Kier molecular flexibility index (Phi) is 7.54. The molecule has 48 heavy (non-hydrogen) atoms. The number of rotatable bonds is 5. The number of aromatic nitrogens is 4. The van der Waals surface area contributed by atoms with Gasteiger partial charge in [0.15, 0.2) is 0 Å². The Hall–Kier alpha value is -6.04. The van der Waals surface area contributed by atoms with Crippen LogP contribution >= 0.6 is 0 Å². The first-order chi connectivity index (χ1) is 22.8. The quantitative estimate of drug-likeness (QED) is 0.251. The van der Waals surface area contributed by atoms with Gasteiger partial charge in [-0.3, -0.25) is 9.78 Å². The van der Waals surface area contributed by atoms with Crippen molar-refractivity contribution in [1.29, 1.82) is 0 Å². The number of ether oxygens (including phenoxy) is 2. The molecule has 0 saturated carbocycles. The molecule has 8 bridgehead atoms. The number of nitrogens with zero attached hydrogens (tertiary/aromatic N) is 2. The molecule has 0 fully saturated rings. The molecule has 3 aromatic heterocycles. The number of allylic oxidation sites excluding steroid dienone is 6. The van der Waals surface area contributed by atoms with Gasteiger partial charge in [-0.25, -0.2) is 19.4 Å². The summed E-state index contributed by atoms with van der Waals surface area (Å²) in [4.78, 5) is 67.7. The van der Waals surface area contributed by atoms with E-state index in [1.54, 1.807) is 51.1 Å². The maximum absolute atomic E-state index is 13.5. The summed E-state index contributed by atoms with van der Waals surface area (Å²) in [6, 6.07) is 6.59. The van der Waals surface area contributed by atoms with Crippen LogP contribution in [0.5, 0.6) is 0 Å². The number of carboxylic acid groups (broad SMARTS) is 2. The van der Waals surface area contributed by atoms with Crippen molar-refractivity contribution < 1.29 is 38.9 Å². The Morgan fingerprint density at radius 2 is 1.40 bits per heavy atom. The van der Waals surface area contributed by atoms with E-state index in [9.17, 15) is 29.4 Å². The molecule has 2 atom stereocenters. The summed E-state index contributed by atoms with van der Waals surface area (Å²) in [7, 11) is 2.47. The largest absolute Gasteiger partial charge is 0.478 e. The van der Waals surface area contributed by atoms with E-state index in [0.29, 0.717) is 56.1 Å². The molecule has 2 unspecified atom stereocenters. The van der Waals surface area contributed by atoms with Gasteiger partial charge in [-0.2, -0.15) is 0 Å². The number of nitrogens with one attached hydrogen (secondary N) is 2. The van der Waals surface area contributed by atoms with Crippen molar-refractivity contribution in [2.75, 3.05) is 14.2 Å². The average Bonchev–Trinajstić information content (AvgIpc) is 3.71. The number of carbonyl (C=O) groups is 4. The number of esters is 2. The molecule has 0 spiro atoms. The Morgan fingerprint density at radius 1 is 0.812 bits per heavy atom. The van der Waals surface area contributed by atoms with Gasteiger partial charge in [0, 0.05) is 16.6 Å². The van der Waals surface area contributed by atoms with Crippen molar-refractivity contribution in [3.8, 4) is 0 Å². The minimum Gasteiger partial charge on any atom is -0.478 e. The molecule has 12 nitrogen and oxygen atoms in total. The number of aromatic amines is 2. The molecule has 0 radical (unpaired) electrons. The van der Waals surface area contributed by atoms with Gasteiger partial charge in [-0.15, -0.1) is 0 Å². The van der Waals surface area contributed by atoms with Crippen LogP contribution < -0.4 is 0 Å². The van der Waals surface area contributed by atoms with E-state index in [4.69, 9.17) is 19.4 Å². The van der Waals surface area contributed by atoms with E-state index >= 15 is 0 Å². The van der Waals surface area contributed by atoms with Gasteiger partial charge < -0.3 is 29.7 Å². The fourth-order valence-corrected chi connectivity index (χ4v) is 6.92. The monoisotopic (exact) mass is 648 g/mol. The van der Waals surface area contributed by atoms with Crippen LogP contribution in [-0.2, 0) is 24.5 Å². The maximum atomic E-state index is 13.5. The summed E-state index contributed by atoms with van der Waals surface area (Å²) in [5.74, 6) is -4.92. The number of fused-ring (bicyclic) bond motifs is 11. The number of methoxy groups -OCH3 is 2. The van der Waals surface area contributed by atoms with Crippen LogP contribution in [-0.4, -0.2) is 68.2 Å². The second kappa shape index (κ2) is 11.3. The van der Waals surface area contributed by atoms with Crippen LogP contribution in [0.1, 0.15) is 68.5 Å². The third-order valence-corrected chi connectivity index (χ3v) is 9.48. The molecule has 2 aliphatic heterocycles. The fraction of sp³-hybridized carbons (Fsp3) is 0.222. The van der Waals surface area contributed by atoms with E-state index in [0.717, 1.165) is 5.57 Å². The summed E-state index contributed by atoms with van der Waals surface area (Å²) in [6.07, 6.45) is 4.86. The summed E-state index contributed by atoms with van der Waals surface area (Å²) in [5.41, 5.74) is 4.66. The number of hydrogen-bond donors (Lipinski definition) is 4. The molecule has 4 N–H and O–H groups in total. The fourth-order valence-electron chi connectivity index (χ4n) is 6.92. The van der Waals surface area contributed by atoms with Gasteiger partial charge >= 0.3 is 23.9 Å². The van der Waals surface area contributed by atoms with Crippen molar-refractivity contribution in [2.45, 2.75) is 33.1 Å². The Balaban J connectivity index is 1.84. The molecular weight excluding hydrogens is 616 g/mol. The van der Waals surface area contributed by atoms with Crippen LogP contribution in [0, 0.1) is 19.8 Å². The predicted octanol–water partition coefficient (Wildman–Crippen LogP) is 5.69. The highest BCUT2D eigenvalue weighted by Crippen LogP contribution is 2.52. The Morgan fingerprint density at radius 3 is 1.92 bits per heavy atom. The molecule has 0 saturated heterocycles. The van der Waals surface area contributed by atoms with Gasteiger partial charge in [-0.1, -0.05) is 24.8 Å². The SMILES string of the molecule is C=CC1=C(C)c2cc3[nH]c(cc4[nH]c(cc5nc(cc1n2)C1(C)C5=CC=C(C(=O)OC)C1C(=O)OC)c(C)c4C(=O)O)c(C(=O)O)c3C. The lowest BCUT2D eigenvalue weighted by Gasteiger charge is -2.36. The lowest BCUT2D eigenvalue weighted by Crippen LogP contribution is -2.42. The lowest BCUT2D eigenvalue weighted by molar-refractivity contribution is -0.149. The number of H-pyrrole nitrogens is 2. The van der Waals surface area contributed by atoms with Crippen molar-refractivity contribution >= 4 is 62.7 Å². The second-order valence-corrected chi connectivity index (χ2v) is 12.0. The number of carbonyl (C=O) groups excluding carboxylic acids is 2. The molecule has 5 heterocycles. The molecule has 0 amide bonds. The minimum atomic E-state index is -1.24. The highest BCUT2D eigenvalue weighted by molar-refractivity contribution is 6.06. The van der Waals surface area contributed by atoms with Crippen LogP contribution in [0.3, 0.4) is 0 Å². The minimum absolute atomic E-state index is 0.0104. The first-order valence-electron chi connectivity index (χ1n) is 14.9. The standard InChI is InChI=1S/C36H32N4O8/c1-8-18-15(2)21-11-22-16(3)29(32(41)42)26(38-22)13-27-30(33(43)44)17(4)23(39-27)12-25-20-10-9-19(34(45)47-6)31(35(46)48-7)36(20,5)28(40-25)14-24(18)37-21/h8-14,31,38-39H,1H2,2-7H3,(H,41,42)(H,43,44). The first kappa shape index (κ1) is 31.9. The molecule has 1 aliphatic carbocycles. The lowest BCUT2D eigenvalue weighted by atomic mass is 9.64. The third kappa shape index (κ3) is 4.59. The van der Waals surface area contributed by atoms with E-state index in [2.05, 4.69) is 16.5 Å². The predicted molar refractivity (Wildman–Crippen MR) is 178 cm³/mol. The Bertz CT molecular complexity index is 2280. The van der Waals surface area contributed by atoms with Crippen molar-refractivity contribution in [1.82, 2.24) is 19.9 Å². The molecule has 0 aromatic carbocycles. The van der Waals surface area contributed by atoms with Gasteiger partial charge in [0.2, 0.25) is 0 Å². The summed E-state index contributed by atoms with van der Waals surface area (Å²) < 4.78 is 10.3. The molecule has 12 heteroatoms. The van der Waals surface area contributed by atoms with Crippen LogP contribution in [0.4, 0.5) is 0 Å². The van der Waals surface area contributed by atoms with Gasteiger partial charge in [0.1, 0.15) is 5.92 Å². The van der Waals surface area contributed by atoms with Crippen molar-refractivity contribution in [2.24, 2.45) is 5.92 Å². The zero-order valence-corrected chi connectivity index (χ0v) is 27.1. The number of aryl methyl sites for hydroxylation is 2. The van der Waals surface area contributed by atoms with E-state index in [-0.39, 0.29) is 27.7 Å². The van der Waals surface area contributed by atoms with Crippen LogP contribution in [0.15, 0.2) is 54.6 Å². The third-order valence-electron chi connectivity index (χ3n) is 9.48. The summed E-state index contributed by atoms with van der Waals surface area (Å²) >= 11 is 0. The molecular formula is C36H32N4O8. The van der Waals surface area contributed by atoms with Crippen molar-refractivity contribution in [3.63, 3.8) is 0 Å². The zero-order valence-electron chi connectivity index (χ0n) is 27.1. The molecule has 3 aliphatic rings. The molecule has 244 valence electrons. The van der Waals surface area contributed by atoms with Gasteiger partial charge in [0.05, 0.1) is 70.1 Å². The van der Waals surface area contributed by atoms with Crippen LogP contribution in [0.25, 0.3) is 38.8 Å². The topological polar surface area (TPSA) is 185 Å². The highest BCUT2D eigenvalue weighted by atomic mass is 16.5. The smallest absolute Gasteiger partial charge is 0.338 e. The van der Waals surface area contributed by atoms with E-state index in [1.165, 1.54) is 26.4 Å². The zero-order chi connectivity index (χ0) is 34.8. The van der Waals surface area contributed by atoms with Gasteiger partial charge in [-0.05, 0) is 74.2 Å². The van der Waals surface area contributed by atoms with E-state index < -0.39 is 35.2 Å². The first-order valence-corrected chi connectivity index (χ1v) is 14.9. The number of aromatic carboxylic acids is 2. The number of carboxylic acids is 2. The molecule has 3 aromatic rings. The normalized spacial score (nSPS) is 18.4. The summed E-state index contributed by atoms with van der Waals surface area (Å²) in [6.45, 7) is 10.9.